The number of nitrogens with two attached hydrogens (primary N) is 1. The first-order valence-corrected chi connectivity index (χ1v) is 11.7. The fourth-order valence-electron chi connectivity index (χ4n) is 3.21. The quantitative estimate of drug-likeness (QED) is 0.217. The van der Waals surface area contributed by atoms with Gasteiger partial charge in [0.25, 0.3) is 0 Å². The molecule has 14 heteroatoms. The predicted molar refractivity (Wildman–Crippen MR) is 114 cm³/mol. The van der Waals surface area contributed by atoms with Gasteiger partial charge in [-0.2, -0.15) is 13.6 Å². The van der Waals surface area contributed by atoms with Gasteiger partial charge in [-0.05, 0) is 15.9 Å². The molecule has 0 saturated carbocycles. The van der Waals surface area contributed by atoms with Gasteiger partial charge in [0, 0.05) is 7.11 Å². The summed E-state index contributed by atoms with van der Waals surface area (Å²) in [6.07, 6.45) is -0.760. The van der Waals surface area contributed by atoms with E-state index in [0.717, 1.165) is 0 Å². The fraction of sp³-hybridized carbons (Fsp3) is 0.625. The molecule has 2 aliphatic rings. The maximum atomic E-state index is 6.83. The van der Waals surface area contributed by atoms with Gasteiger partial charge in [-0.1, -0.05) is 13.8 Å². The molecule has 0 aliphatic carbocycles. The Kier molecular flexibility index (Phi) is 7.63. The standard InChI is InChI=1S/C14H16BBrN6O5P.C2H6/c1-18-3-4-24-28(15)25-5-7-9(27-28)10(23-2)13(26-7)22-12-8(21-14(22)16)11(17)19-6-20-12;1-2/h6-7,9-10,13H,3-5H2,2H3,(H2,17,19,20);1-2H3/q+1;/t7-,9+,10?,13-,28?;/m1./s1. The van der Waals surface area contributed by atoms with Crippen LogP contribution in [-0.4, -0.2) is 72.3 Å². The van der Waals surface area contributed by atoms with E-state index < -0.39 is 32.4 Å². The third kappa shape index (κ3) is 4.32. The van der Waals surface area contributed by atoms with E-state index in [1.165, 1.54) is 6.33 Å². The van der Waals surface area contributed by atoms with Crippen LogP contribution in [0.1, 0.15) is 20.1 Å². The third-order valence-corrected chi connectivity index (χ3v) is 6.58. The summed E-state index contributed by atoms with van der Waals surface area (Å²) in [6, 6.07) is 0. The number of rotatable bonds is 5. The topological polar surface area (TPSA) is 120 Å². The Morgan fingerprint density at radius 3 is 2.93 bits per heavy atom. The van der Waals surface area contributed by atoms with Crippen LogP contribution in [0.4, 0.5) is 5.82 Å². The maximum Gasteiger partial charge on any atom is 0.488 e. The summed E-state index contributed by atoms with van der Waals surface area (Å²) in [6.45, 7) is 11.3. The Bertz CT molecular complexity index is 931. The molecule has 2 aromatic rings. The number of nitrogen functional groups attached to an aromatic ring is 1. The lowest BCUT2D eigenvalue weighted by molar-refractivity contribution is -0.0644. The molecule has 160 valence electrons. The zero-order chi connectivity index (χ0) is 21.9. The molecule has 30 heavy (non-hydrogen) atoms. The minimum absolute atomic E-state index is 0.126. The van der Waals surface area contributed by atoms with E-state index in [2.05, 4.69) is 35.7 Å². The second-order valence-electron chi connectivity index (χ2n) is 6.07. The fourth-order valence-corrected chi connectivity index (χ4v) is 5.24. The highest BCUT2D eigenvalue weighted by atomic mass is 79.9. The zero-order valence-corrected chi connectivity index (χ0v) is 19.2. The van der Waals surface area contributed by atoms with Gasteiger partial charge < -0.3 is 20.1 Å². The minimum Gasteiger partial charge on any atom is -0.382 e. The first kappa shape index (κ1) is 23.3. The van der Waals surface area contributed by atoms with Crippen molar-refractivity contribution >= 4 is 48.3 Å². The van der Waals surface area contributed by atoms with E-state index in [4.69, 9.17) is 42.9 Å². The first-order valence-electron chi connectivity index (χ1n) is 9.28. The van der Waals surface area contributed by atoms with Crippen LogP contribution in [-0.2, 0) is 23.0 Å². The monoisotopic (exact) mass is 499 g/mol. The van der Waals surface area contributed by atoms with Crippen LogP contribution < -0.4 is 5.73 Å². The number of fused-ring (bicyclic) bond motifs is 2. The third-order valence-electron chi connectivity index (χ3n) is 4.44. The van der Waals surface area contributed by atoms with E-state index in [0.29, 0.717) is 15.9 Å². The van der Waals surface area contributed by atoms with Crippen molar-refractivity contribution in [3.05, 3.63) is 22.5 Å². The van der Waals surface area contributed by atoms with Gasteiger partial charge in [-0.3, -0.25) is 4.57 Å². The molecule has 2 aliphatic heterocycles. The Labute approximate surface area is 184 Å². The summed E-state index contributed by atoms with van der Waals surface area (Å²) in [7, 11) is 4.62. The number of ether oxygens (including phenoxy) is 2. The molecule has 0 spiro atoms. The highest BCUT2D eigenvalue weighted by Gasteiger charge is 2.59. The molecule has 5 atom stereocenters. The number of nitrogens with zero attached hydrogens (tertiary/aromatic N) is 5. The largest absolute Gasteiger partial charge is 0.488 e. The summed E-state index contributed by atoms with van der Waals surface area (Å²) in [5.74, 6) is 0.258. The van der Waals surface area contributed by atoms with E-state index in [9.17, 15) is 0 Å². The molecule has 2 aromatic heterocycles. The van der Waals surface area contributed by atoms with Crippen LogP contribution in [0.15, 0.2) is 11.1 Å². The van der Waals surface area contributed by atoms with Crippen LogP contribution in [0.5, 0.6) is 0 Å². The molecule has 0 aromatic carbocycles. The van der Waals surface area contributed by atoms with Crippen LogP contribution in [0.2, 0.25) is 0 Å². The van der Waals surface area contributed by atoms with E-state index in [1.54, 1.807) is 11.7 Å². The highest BCUT2D eigenvalue weighted by molar-refractivity contribution is 9.10. The Balaban J connectivity index is 0.00000124. The van der Waals surface area contributed by atoms with Gasteiger partial charge in [-0.25, -0.2) is 21.5 Å². The van der Waals surface area contributed by atoms with Gasteiger partial charge in [0.2, 0.25) is 6.54 Å². The summed E-state index contributed by atoms with van der Waals surface area (Å²) in [4.78, 5) is 15.8. The number of hydrogen-bond donors (Lipinski definition) is 1. The second-order valence-corrected chi connectivity index (χ2v) is 8.58. The lowest BCUT2D eigenvalue weighted by atomic mass is 10.1. The normalized spacial score (nSPS) is 30.4. The minimum atomic E-state index is -3.07. The van der Waals surface area contributed by atoms with Crippen molar-refractivity contribution in [1.29, 1.82) is 0 Å². The van der Waals surface area contributed by atoms with Gasteiger partial charge in [-0.15, -0.1) is 0 Å². The number of anilines is 1. The summed E-state index contributed by atoms with van der Waals surface area (Å²) in [5.41, 5.74) is 6.84. The van der Waals surface area contributed by atoms with Crippen molar-refractivity contribution in [3.63, 3.8) is 0 Å². The molecule has 4 heterocycles. The molecule has 2 unspecified atom stereocenters. The zero-order valence-electron chi connectivity index (χ0n) is 16.8. The Morgan fingerprint density at radius 2 is 2.23 bits per heavy atom. The molecule has 2 fully saturated rings. The molecule has 2 N–H and O–H groups in total. The maximum absolute atomic E-state index is 6.83. The van der Waals surface area contributed by atoms with Crippen molar-refractivity contribution in [1.82, 2.24) is 19.5 Å². The van der Waals surface area contributed by atoms with Crippen molar-refractivity contribution < 1.29 is 23.0 Å². The second kappa shape index (κ2) is 9.83. The van der Waals surface area contributed by atoms with Crippen molar-refractivity contribution in [2.24, 2.45) is 0 Å². The SMILES string of the molecule is CC.[B][P+]1(OCC[N+]#[C-])OC[C@H]2O[C@@H](n3c(Br)nc4c(N)ncnc43)C(OC)[C@H]2O1. The number of methoxy groups -OCH3 is 1. The smallest absolute Gasteiger partial charge is 0.382 e. The summed E-state index contributed by atoms with van der Waals surface area (Å²) in [5, 5.41) is 0. The van der Waals surface area contributed by atoms with Crippen molar-refractivity contribution in [2.75, 3.05) is 32.6 Å². The van der Waals surface area contributed by atoms with Crippen LogP contribution in [0.25, 0.3) is 16.0 Å². The van der Waals surface area contributed by atoms with Gasteiger partial charge in [0.05, 0.1) is 0 Å². The Hall–Kier alpha value is -1.39. The molecular formula is C16H22BBrN6O5P+. The lowest BCUT2D eigenvalue weighted by Crippen LogP contribution is -2.42. The average Bonchev–Trinajstić information content (AvgIpc) is 3.26. The molecule has 2 radical (unpaired) electrons. The average molecular weight is 500 g/mol. The lowest BCUT2D eigenvalue weighted by Gasteiger charge is -2.31. The molecule has 4 rings (SSSR count). The Morgan fingerprint density at radius 1 is 1.47 bits per heavy atom. The van der Waals surface area contributed by atoms with E-state index in [1.807, 2.05) is 13.8 Å². The van der Waals surface area contributed by atoms with Gasteiger partial charge in [0.15, 0.2) is 40.7 Å². The van der Waals surface area contributed by atoms with E-state index >= 15 is 0 Å². The number of hydrogen-bond acceptors (Lipinski definition) is 9. The molecule has 2 saturated heterocycles. The first-order chi connectivity index (χ1) is 14.5. The predicted octanol–water partition coefficient (Wildman–Crippen LogP) is 2.31. The summed E-state index contributed by atoms with van der Waals surface area (Å²) >= 11 is 3.42. The summed E-state index contributed by atoms with van der Waals surface area (Å²) < 4.78 is 31.0. The van der Waals surface area contributed by atoms with Crippen LogP contribution in [0, 0.1) is 6.57 Å². The van der Waals surface area contributed by atoms with Crippen molar-refractivity contribution in [2.45, 2.75) is 38.4 Å². The molecule has 0 amide bonds. The molecule has 11 nitrogen and oxygen atoms in total. The highest BCUT2D eigenvalue weighted by Crippen LogP contribution is 2.63. The van der Waals surface area contributed by atoms with E-state index in [-0.39, 0.29) is 25.6 Å². The number of aromatic nitrogens is 4. The number of halogens is 1. The molecular weight excluding hydrogens is 478 g/mol. The van der Waals surface area contributed by atoms with Crippen molar-refractivity contribution in [3.8, 4) is 0 Å². The number of imidazole rings is 1. The molecule has 0 bridgehead atoms. The van der Waals surface area contributed by atoms with Gasteiger partial charge >= 0.3 is 15.4 Å². The van der Waals surface area contributed by atoms with Crippen LogP contribution in [0.3, 0.4) is 0 Å². The van der Waals surface area contributed by atoms with Gasteiger partial charge in [0.1, 0.15) is 25.1 Å². The van der Waals surface area contributed by atoms with Crippen LogP contribution >= 0.6 is 23.8 Å².